The zero-order valence-corrected chi connectivity index (χ0v) is 12.0. The molecule has 0 heterocycles. The van der Waals surface area contributed by atoms with Crippen LogP contribution >= 0.6 is 0 Å². The molecule has 0 fully saturated rings. The summed E-state index contributed by atoms with van der Waals surface area (Å²) in [5.41, 5.74) is 0.984. The summed E-state index contributed by atoms with van der Waals surface area (Å²) >= 11 is 0. The number of fused-ring (bicyclic) bond motifs is 1. The Morgan fingerprint density at radius 2 is 1.85 bits per heavy atom. The highest BCUT2D eigenvalue weighted by molar-refractivity contribution is 5.91. The number of esters is 1. The Balaban J connectivity index is 2.25. The molecule has 0 aliphatic rings. The third-order valence-corrected chi connectivity index (χ3v) is 3.23. The standard InChI is InChI=1S/C17H19NO2/c1-12(2)16(17(19)20-3)18-11-13-8-9-14-6-4-5-7-15(14)10-13/h4-12,16H,1-3H3/t16-/m0/s1. The number of hydrogen-bond acceptors (Lipinski definition) is 3. The summed E-state index contributed by atoms with van der Waals surface area (Å²) in [6, 6.07) is 13.8. The fourth-order valence-electron chi connectivity index (χ4n) is 2.08. The van der Waals surface area contributed by atoms with Crippen LogP contribution in [0, 0.1) is 5.92 Å². The number of carbonyl (C=O) groups is 1. The lowest BCUT2D eigenvalue weighted by Crippen LogP contribution is -2.25. The number of aliphatic imine (C=N–C) groups is 1. The van der Waals surface area contributed by atoms with Crippen molar-refractivity contribution in [1.82, 2.24) is 0 Å². The number of nitrogens with zero attached hydrogens (tertiary/aromatic N) is 1. The number of ether oxygens (including phenoxy) is 1. The van der Waals surface area contributed by atoms with Crippen molar-refractivity contribution >= 4 is 23.0 Å². The third kappa shape index (κ3) is 3.23. The minimum atomic E-state index is -0.452. The highest BCUT2D eigenvalue weighted by Crippen LogP contribution is 2.15. The number of methoxy groups -OCH3 is 1. The predicted molar refractivity (Wildman–Crippen MR) is 82.2 cm³/mol. The largest absolute Gasteiger partial charge is 0.467 e. The fourth-order valence-corrected chi connectivity index (χ4v) is 2.08. The predicted octanol–water partition coefficient (Wildman–Crippen LogP) is 3.46. The van der Waals surface area contributed by atoms with E-state index < -0.39 is 6.04 Å². The molecule has 0 amide bonds. The van der Waals surface area contributed by atoms with Gasteiger partial charge >= 0.3 is 5.97 Å². The van der Waals surface area contributed by atoms with Crippen molar-refractivity contribution in [1.29, 1.82) is 0 Å². The molecule has 20 heavy (non-hydrogen) atoms. The second-order valence-corrected chi connectivity index (χ2v) is 5.10. The second kappa shape index (κ2) is 6.33. The van der Waals surface area contributed by atoms with Crippen LogP contribution in [0.25, 0.3) is 10.8 Å². The van der Waals surface area contributed by atoms with Crippen LogP contribution in [0.1, 0.15) is 19.4 Å². The van der Waals surface area contributed by atoms with Crippen molar-refractivity contribution in [3.05, 3.63) is 48.0 Å². The lowest BCUT2D eigenvalue weighted by molar-refractivity contribution is -0.143. The van der Waals surface area contributed by atoms with E-state index in [2.05, 4.69) is 29.3 Å². The van der Waals surface area contributed by atoms with Gasteiger partial charge in [-0.25, -0.2) is 4.79 Å². The van der Waals surface area contributed by atoms with E-state index in [4.69, 9.17) is 4.74 Å². The van der Waals surface area contributed by atoms with Crippen molar-refractivity contribution in [3.8, 4) is 0 Å². The van der Waals surface area contributed by atoms with Crippen LogP contribution in [0.15, 0.2) is 47.5 Å². The Morgan fingerprint density at radius 1 is 1.15 bits per heavy atom. The molecular formula is C17H19NO2. The lowest BCUT2D eigenvalue weighted by atomic mass is 10.0. The maximum absolute atomic E-state index is 11.7. The molecule has 1 atom stereocenters. The molecule has 3 nitrogen and oxygen atoms in total. The Kier molecular flexibility index (Phi) is 4.51. The average Bonchev–Trinajstić information content (AvgIpc) is 2.46. The van der Waals surface area contributed by atoms with Gasteiger partial charge in [-0.05, 0) is 28.3 Å². The van der Waals surface area contributed by atoms with Gasteiger partial charge in [0.25, 0.3) is 0 Å². The van der Waals surface area contributed by atoms with Gasteiger partial charge in [-0.3, -0.25) is 4.99 Å². The molecule has 0 unspecified atom stereocenters. The zero-order valence-electron chi connectivity index (χ0n) is 12.0. The van der Waals surface area contributed by atoms with Gasteiger partial charge in [-0.1, -0.05) is 50.2 Å². The van der Waals surface area contributed by atoms with E-state index in [1.165, 1.54) is 12.5 Å². The fraction of sp³-hybridized carbons (Fsp3) is 0.294. The number of hydrogen-bond donors (Lipinski definition) is 0. The summed E-state index contributed by atoms with van der Waals surface area (Å²) in [5.74, 6) is -0.184. The Hall–Kier alpha value is -2.16. The van der Waals surface area contributed by atoms with Crippen LogP contribution in [0.3, 0.4) is 0 Å². The summed E-state index contributed by atoms with van der Waals surface area (Å²) in [4.78, 5) is 16.0. The molecule has 0 aliphatic heterocycles. The summed E-state index contributed by atoms with van der Waals surface area (Å²) in [7, 11) is 1.39. The van der Waals surface area contributed by atoms with Crippen LogP contribution < -0.4 is 0 Å². The highest BCUT2D eigenvalue weighted by Gasteiger charge is 2.20. The first-order chi connectivity index (χ1) is 9.61. The van der Waals surface area contributed by atoms with Crippen molar-refractivity contribution in [2.24, 2.45) is 10.9 Å². The molecule has 2 aromatic carbocycles. The molecule has 0 N–H and O–H groups in total. The Morgan fingerprint density at radius 3 is 2.50 bits per heavy atom. The molecule has 2 aromatic rings. The van der Waals surface area contributed by atoms with Crippen molar-refractivity contribution in [3.63, 3.8) is 0 Å². The van der Waals surface area contributed by atoms with E-state index in [1.54, 1.807) is 6.21 Å². The van der Waals surface area contributed by atoms with E-state index >= 15 is 0 Å². The molecule has 0 aromatic heterocycles. The zero-order chi connectivity index (χ0) is 14.5. The van der Waals surface area contributed by atoms with E-state index in [0.717, 1.165) is 10.9 Å². The first-order valence-corrected chi connectivity index (χ1v) is 6.71. The first-order valence-electron chi connectivity index (χ1n) is 6.71. The molecule has 0 saturated carbocycles. The summed E-state index contributed by atoms with van der Waals surface area (Å²) in [6.45, 7) is 3.92. The SMILES string of the molecule is COC(=O)[C@@H](N=Cc1ccc2ccccc2c1)C(C)C. The molecule has 0 saturated heterocycles. The van der Waals surface area contributed by atoms with E-state index in [-0.39, 0.29) is 11.9 Å². The molecule has 0 radical (unpaired) electrons. The van der Waals surface area contributed by atoms with Gasteiger partial charge < -0.3 is 4.74 Å². The third-order valence-electron chi connectivity index (χ3n) is 3.23. The quantitative estimate of drug-likeness (QED) is 0.630. The second-order valence-electron chi connectivity index (χ2n) is 5.10. The van der Waals surface area contributed by atoms with Crippen LogP contribution in [0.4, 0.5) is 0 Å². The molecule has 3 heteroatoms. The minimum absolute atomic E-state index is 0.110. The lowest BCUT2D eigenvalue weighted by Gasteiger charge is -2.13. The maximum Gasteiger partial charge on any atom is 0.330 e. The molecule has 2 rings (SSSR count). The molecule has 0 spiro atoms. The van der Waals surface area contributed by atoms with E-state index in [0.29, 0.717) is 0 Å². The number of carbonyl (C=O) groups excluding carboxylic acids is 1. The van der Waals surface area contributed by atoms with Crippen molar-refractivity contribution < 1.29 is 9.53 Å². The van der Waals surface area contributed by atoms with Gasteiger partial charge in [-0.15, -0.1) is 0 Å². The van der Waals surface area contributed by atoms with Crippen LogP contribution in [-0.4, -0.2) is 25.3 Å². The van der Waals surface area contributed by atoms with Gasteiger partial charge in [0.2, 0.25) is 0 Å². The monoisotopic (exact) mass is 269 g/mol. The van der Waals surface area contributed by atoms with E-state index in [1.807, 2.05) is 32.0 Å². The average molecular weight is 269 g/mol. The minimum Gasteiger partial charge on any atom is -0.467 e. The normalized spacial score (nSPS) is 13.0. The number of rotatable bonds is 4. The van der Waals surface area contributed by atoms with Crippen LogP contribution in [0.2, 0.25) is 0 Å². The maximum atomic E-state index is 11.7. The van der Waals surface area contributed by atoms with Gasteiger partial charge in [0, 0.05) is 6.21 Å². The van der Waals surface area contributed by atoms with Crippen LogP contribution in [0.5, 0.6) is 0 Å². The van der Waals surface area contributed by atoms with Gasteiger partial charge in [0.05, 0.1) is 7.11 Å². The molecule has 0 aliphatic carbocycles. The van der Waals surface area contributed by atoms with Crippen molar-refractivity contribution in [2.45, 2.75) is 19.9 Å². The summed E-state index contributed by atoms with van der Waals surface area (Å²) < 4.78 is 4.78. The van der Waals surface area contributed by atoms with Crippen molar-refractivity contribution in [2.75, 3.05) is 7.11 Å². The Labute approximate surface area is 119 Å². The topological polar surface area (TPSA) is 38.7 Å². The van der Waals surface area contributed by atoms with Gasteiger partial charge in [-0.2, -0.15) is 0 Å². The van der Waals surface area contributed by atoms with E-state index in [9.17, 15) is 4.79 Å². The summed E-state index contributed by atoms with van der Waals surface area (Å²) in [6.07, 6.45) is 1.74. The Bertz CT molecular complexity index is 632. The van der Waals surface area contributed by atoms with Gasteiger partial charge in [0.15, 0.2) is 0 Å². The smallest absolute Gasteiger partial charge is 0.330 e. The summed E-state index contributed by atoms with van der Waals surface area (Å²) in [5, 5.41) is 2.36. The first kappa shape index (κ1) is 14.3. The molecule has 104 valence electrons. The highest BCUT2D eigenvalue weighted by atomic mass is 16.5. The van der Waals surface area contributed by atoms with Gasteiger partial charge in [0.1, 0.15) is 6.04 Å². The molecular weight excluding hydrogens is 250 g/mol. The number of benzene rings is 2. The molecule has 0 bridgehead atoms. The van der Waals surface area contributed by atoms with Crippen LogP contribution in [-0.2, 0) is 9.53 Å².